The number of fused-ring (bicyclic) bond motifs is 1. The number of carbonyl (C=O) groups is 1. The van der Waals surface area contributed by atoms with Crippen LogP contribution in [0.25, 0.3) is 0 Å². The maximum Gasteiger partial charge on any atom is 0.224 e. The summed E-state index contributed by atoms with van der Waals surface area (Å²) in [5.41, 5.74) is 2.36. The number of rotatable bonds is 3. The van der Waals surface area contributed by atoms with Gasteiger partial charge in [0.15, 0.2) is 0 Å². The van der Waals surface area contributed by atoms with Gasteiger partial charge in [0.05, 0.1) is 18.6 Å². The number of ether oxygens (including phenoxy) is 1. The fourth-order valence-corrected chi connectivity index (χ4v) is 3.09. The summed E-state index contributed by atoms with van der Waals surface area (Å²) in [6.45, 7) is 4.56. The number of amides is 1. The zero-order valence-corrected chi connectivity index (χ0v) is 11.9. The van der Waals surface area contributed by atoms with E-state index in [9.17, 15) is 4.79 Å². The third kappa shape index (κ3) is 2.52. The minimum Gasteiger partial charge on any atom is -0.493 e. The third-order valence-electron chi connectivity index (χ3n) is 4.28. The summed E-state index contributed by atoms with van der Waals surface area (Å²) < 4.78 is 5.82. The SMILES string of the molecule is CCc1cccc2c1OCCC2NC(=O)C1CCNC1. The van der Waals surface area contributed by atoms with Gasteiger partial charge in [-0.05, 0) is 24.9 Å². The van der Waals surface area contributed by atoms with Crippen LogP contribution in [0.4, 0.5) is 0 Å². The van der Waals surface area contributed by atoms with Crippen molar-refractivity contribution in [2.75, 3.05) is 19.7 Å². The Labute approximate surface area is 119 Å². The summed E-state index contributed by atoms with van der Waals surface area (Å²) in [6, 6.07) is 6.33. The predicted molar refractivity (Wildman–Crippen MR) is 77.8 cm³/mol. The van der Waals surface area contributed by atoms with Crippen LogP contribution in [0.2, 0.25) is 0 Å². The summed E-state index contributed by atoms with van der Waals surface area (Å²) in [4.78, 5) is 12.3. The van der Waals surface area contributed by atoms with Gasteiger partial charge in [-0.2, -0.15) is 0 Å². The molecule has 108 valence electrons. The number of nitrogens with one attached hydrogen (secondary N) is 2. The van der Waals surface area contributed by atoms with Crippen molar-refractivity contribution in [3.8, 4) is 5.75 Å². The molecule has 0 bridgehead atoms. The molecule has 20 heavy (non-hydrogen) atoms. The van der Waals surface area contributed by atoms with E-state index in [4.69, 9.17) is 4.74 Å². The lowest BCUT2D eigenvalue weighted by molar-refractivity contribution is -0.125. The van der Waals surface area contributed by atoms with Crippen molar-refractivity contribution in [2.24, 2.45) is 5.92 Å². The fourth-order valence-electron chi connectivity index (χ4n) is 3.09. The summed E-state index contributed by atoms with van der Waals surface area (Å²) >= 11 is 0. The predicted octanol–water partition coefficient (Wildman–Crippen LogP) is 1.80. The van der Waals surface area contributed by atoms with Gasteiger partial charge in [0.25, 0.3) is 0 Å². The average molecular weight is 274 g/mol. The Morgan fingerprint density at radius 3 is 3.10 bits per heavy atom. The van der Waals surface area contributed by atoms with E-state index in [1.807, 2.05) is 0 Å². The van der Waals surface area contributed by atoms with Crippen LogP contribution in [0.3, 0.4) is 0 Å². The van der Waals surface area contributed by atoms with Crippen LogP contribution in [0.15, 0.2) is 18.2 Å². The monoisotopic (exact) mass is 274 g/mol. The molecule has 2 unspecified atom stereocenters. The van der Waals surface area contributed by atoms with Crippen LogP contribution < -0.4 is 15.4 Å². The molecule has 4 nitrogen and oxygen atoms in total. The Balaban J connectivity index is 1.77. The number of hydrogen-bond donors (Lipinski definition) is 2. The van der Waals surface area contributed by atoms with E-state index in [1.165, 1.54) is 5.56 Å². The Morgan fingerprint density at radius 1 is 1.45 bits per heavy atom. The summed E-state index contributed by atoms with van der Waals surface area (Å²) in [7, 11) is 0. The largest absolute Gasteiger partial charge is 0.493 e. The van der Waals surface area contributed by atoms with Gasteiger partial charge in [-0.15, -0.1) is 0 Å². The normalized spacial score (nSPS) is 24.9. The minimum atomic E-state index is 0.0957. The van der Waals surface area contributed by atoms with Crippen LogP contribution in [-0.4, -0.2) is 25.6 Å². The Morgan fingerprint density at radius 2 is 2.35 bits per heavy atom. The molecule has 2 aliphatic rings. The summed E-state index contributed by atoms with van der Waals surface area (Å²) in [6.07, 6.45) is 2.75. The molecule has 0 radical (unpaired) electrons. The molecule has 0 aromatic heterocycles. The van der Waals surface area contributed by atoms with Gasteiger partial charge < -0.3 is 15.4 Å². The number of benzene rings is 1. The lowest BCUT2D eigenvalue weighted by Gasteiger charge is -2.29. The van der Waals surface area contributed by atoms with Gasteiger partial charge >= 0.3 is 0 Å². The second kappa shape index (κ2) is 5.83. The molecule has 2 heterocycles. The van der Waals surface area contributed by atoms with Crippen molar-refractivity contribution in [2.45, 2.75) is 32.2 Å². The van der Waals surface area contributed by atoms with Gasteiger partial charge in [-0.25, -0.2) is 0 Å². The van der Waals surface area contributed by atoms with Crippen LogP contribution in [0.5, 0.6) is 5.75 Å². The highest BCUT2D eigenvalue weighted by Crippen LogP contribution is 2.35. The Kier molecular flexibility index (Phi) is 3.92. The maximum absolute atomic E-state index is 12.3. The first kappa shape index (κ1) is 13.4. The first-order valence-electron chi connectivity index (χ1n) is 7.55. The van der Waals surface area contributed by atoms with Gasteiger partial charge in [-0.1, -0.05) is 25.1 Å². The molecule has 1 aromatic rings. The van der Waals surface area contributed by atoms with Crippen molar-refractivity contribution in [1.82, 2.24) is 10.6 Å². The lowest BCUT2D eigenvalue weighted by Crippen LogP contribution is -2.37. The molecule has 1 amide bonds. The molecule has 0 aliphatic carbocycles. The van der Waals surface area contributed by atoms with Crippen LogP contribution in [-0.2, 0) is 11.2 Å². The van der Waals surface area contributed by atoms with E-state index in [0.29, 0.717) is 6.61 Å². The topological polar surface area (TPSA) is 50.4 Å². The van der Waals surface area contributed by atoms with Crippen molar-refractivity contribution >= 4 is 5.91 Å². The van der Waals surface area contributed by atoms with Gasteiger partial charge in [0.2, 0.25) is 5.91 Å². The van der Waals surface area contributed by atoms with Crippen molar-refractivity contribution in [3.05, 3.63) is 29.3 Å². The fraction of sp³-hybridized carbons (Fsp3) is 0.562. The zero-order valence-electron chi connectivity index (χ0n) is 11.9. The Hall–Kier alpha value is -1.55. The number of para-hydroxylation sites is 1. The van der Waals surface area contributed by atoms with Gasteiger partial charge in [-0.3, -0.25) is 4.79 Å². The highest BCUT2D eigenvalue weighted by atomic mass is 16.5. The molecule has 0 saturated carbocycles. The summed E-state index contributed by atoms with van der Waals surface area (Å²) in [5, 5.41) is 6.45. The zero-order chi connectivity index (χ0) is 13.9. The maximum atomic E-state index is 12.3. The molecule has 2 aliphatic heterocycles. The van der Waals surface area contributed by atoms with E-state index in [-0.39, 0.29) is 17.9 Å². The minimum absolute atomic E-state index is 0.0957. The summed E-state index contributed by atoms with van der Waals surface area (Å²) in [5.74, 6) is 1.28. The molecular formula is C16H22N2O2. The molecule has 1 aromatic carbocycles. The molecule has 1 saturated heterocycles. The first-order valence-corrected chi connectivity index (χ1v) is 7.55. The molecule has 2 N–H and O–H groups in total. The van der Waals surface area contributed by atoms with Crippen LogP contribution in [0.1, 0.15) is 36.9 Å². The molecule has 1 fully saturated rings. The van der Waals surface area contributed by atoms with E-state index >= 15 is 0 Å². The molecule has 4 heteroatoms. The second-order valence-electron chi connectivity index (χ2n) is 5.58. The third-order valence-corrected chi connectivity index (χ3v) is 4.28. The standard InChI is InChI=1S/C16H22N2O2/c1-2-11-4-3-5-13-14(7-9-20-15(11)13)18-16(19)12-6-8-17-10-12/h3-5,12,14,17H,2,6-10H2,1H3,(H,18,19). The quantitative estimate of drug-likeness (QED) is 0.883. The first-order chi connectivity index (χ1) is 9.79. The molecule has 0 spiro atoms. The Bertz CT molecular complexity index is 495. The second-order valence-corrected chi connectivity index (χ2v) is 5.58. The highest BCUT2D eigenvalue weighted by Gasteiger charge is 2.28. The number of hydrogen-bond acceptors (Lipinski definition) is 3. The van der Waals surface area contributed by atoms with Gasteiger partial charge in [0.1, 0.15) is 5.75 Å². The van der Waals surface area contributed by atoms with E-state index in [2.05, 4.69) is 35.8 Å². The average Bonchev–Trinajstić information content (AvgIpc) is 3.01. The van der Waals surface area contributed by atoms with E-state index in [1.54, 1.807) is 0 Å². The van der Waals surface area contributed by atoms with Gasteiger partial charge in [0, 0.05) is 18.5 Å². The van der Waals surface area contributed by atoms with Crippen molar-refractivity contribution in [1.29, 1.82) is 0 Å². The molecule has 3 rings (SSSR count). The molecule has 2 atom stereocenters. The van der Waals surface area contributed by atoms with Crippen LogP contribution >= 0.6 is 0 Å². The molecular weight excluding hydrogens is 252 g/mol. The van der Waals surface area contributed by atoms with E-state index < -0.39 is 0 Å². The highest BCUT2D eigenvalue weighted by molar-refractivity contribution is 5.79. The van der Waals surface area contributed by atoms with Crippen molar-refractivity contribution < 1.29 is 9.53 Å². The number of carbonyl (C=O) groups excluding carboxylic acids is 1. The number of aryl methyl sites for hydroxylation is 1. The lowest BCUT2D eigenvalue weighted by atomic mass is 9.96. The van der Waals surface area contributed by atoms with E-state index in [0.717, 1.165) is 43.7 Å². The smallest absolute Gasteiger partial charge is 0.224 e. The van der Waals surface area contributed by atoms with Crippen molar-refractivity contribution in [3.63, 3.8) is 0 Å². The van der Waals surface area contributed by atoms with Crippen LogP contribution in [0, 0.1) is 5.92 Å².